The summed E-state index contributed by atoms with van der Waals surface area (Å²) in [7, 11) is 0. The van der Waals surface area contributed by atoms with Crippen molar-refractivity contribution >= 4 is 23.3 Å². The molecule has 0 aromatic carbocycles. The van der Waals surface area contributed by atoms with Crippen molar-refractivity contribution in [3.8, 4) is 0 Å². The molecule has 18 heavy (non-hydrogen) atoms. The van der Waals surface area contributed by atoms with Crippen LogP contribution in [0.2, 0.25) is 0 Å². The van der Waals surface area contributed by atoms with Gasteiger partial charge in [-0.05, 0) is 31.3 Å². The van der Waals surface area contributed by atoms with Crippen LogP contribution in [0.3, 0.4) is 0 Å². The maximum absolute atomic E-state index is 12.3. The van der Waals surface area contributed by atoms with Gasteiger partial charge in [-0.25, -0.2) is 0 Å². The lowest BCUT2D eigenvalue weighted by Crippen LogP contribution is -2.44. The monoisotopic (exact) mass is 269 g/mol. The summed E-state index contributed by atoms with van der Waals surface area (Å²) in [5.41, 5.74) is 6.25. The fraction of sp³-hybridized carbons (Fsp3) is 0.600. The number of piperidine rings is 1. The average Bonchev–Trinajstić information content (AvgIpc) is 2.83. The van der Waals surface area contributed by atoms with Gasteiger partial charge in [0.2, 0.25) is 0 Å². The number of carbonyl (C=O) groups is 1. The number of amidine groups is 1. The summed E-state index contributed by atoms with van der Waals surface area (Å²) in [4.78, 5) is 14.5. The first kappa shape index (κ1) is 12.7. The summed E-state index contributed by atoms with van der Waals surface area (Å²) in [5, 5.41) is 15.5. The number of likely N-dealkylation sites (tertiary alicyclic amines) is 1. The number of carbonyl (C=O) groups excluding carboxylic acids is 1. The van der Waals surface area contributed by atoms with Crippen molar-refractivity contribution in [2.45, 2.75) is 19.8 Å². The van der Waals surface area contributed by atoms with Crippen molar-refractivity contribution in [1.82, 2.24) is 14.5 Å². The smallest absolute Gasteiger partial charge is 0.267 e. The number of aryl methyl sites for hydroxylation is 1. The Morgan fingerprint density at radius 1 is 1.67 bits per heavy atom. The highest BCUT2D eigenvalue weighted by molar-refractivity contribution is 7.07. The molecular weight excluding hydrogens is 254 g/mol. The maximum atomic E-state index is 12.3. The molecule has 1 aromatic heterocycles. The molecule has 1 unspecified atom stereocenters. The van der Waals surface area contributed by atoms with E-state index in [1.54, 1.807) is 11.8 Å². The van der Waals surface area contributed by atoms with Gasteiger partial charge in [0.25, 0.3) is 5.91 Å². The Morgan fingerprint density at radius 2 is 2.44 bits per heavy atom. The first-order valence-electron chi connectivity index (χ1n) is 5.69. The molecule has 0 saturated carbocycles. The van der Waals surface area contributed by atoms with Crippen LogP contribution in [0.5, 0.6) is 0 Å². The first-order chi connectivity index (χ1) is 8.63. The number of nitrogens with two attached hydrogens (primary N) is 1. The summed E-state index contributed by atoms with van der Waals surface area (Å²) < 4.78 is 3.76. The van der Waals surface area contributed by atoms with Gasteiger partial charge in [-0.2, -0.15) is 0 Å². The zero-order valence-corrected chi connectivity index (χ0v) is 10.9. The van der Waals surface area contributed by atoms with Crippen molar-refractivity contribution in [1.29, 1.82) is 0 Å². The van der Waals surface area contributed by atoms with Crippen LogP contribution in [-0.4, -0.2) is 44.5 Å². The number of nitrogens with zero attached hydrogens (tertiary/aromatic N) is 4. The Hall–Kier alpha value is -1.70. The zero-order chi connectivity index (χ0) is 13.1. The number of hydrogen-bond donors (Lipinski definition) is 2. The largest absolute Gasteiger partial charge is 0.409 e. The van der Waals surface area contributed by atoms with E-state index in [0.717, 1.165) is 24.4 Å². The lowest BCUT2D eigenvalue weighted by Gasteiger charge is -2.31. The second-order valence-corrected chi connectivity index (χ2v) is 5.06. The van der Waals surface area contributed by atoms with Gasteiger partial charge in [-0.3, -0.25) is 4.79 Å². The fourth-order valence-corrected chi connectivity index (χ4v) is 2.68. The Kier molecular flexibility index (Phi) is 3.75. The Balaban J connectivity index is 2.10. The van der Waals surface area contributed by atoms with Gasteiger partial charge in [-0.1, -0.05) is 9.64 Å². The van der Waals surface area contributed by atoms with Crippen molar-refractivity contribution < 1.29 is 10.0 Å². The molecule has 3 N–H and O–H groups in total. The van der Waals surface area contributed by atoms with E-state index in [1.165, 1.54) is 0 Å². The maximum Gasteiger partial charge on any atom is 0.267 e. The van der Waals surface area contributed by atoms with Crippen molar-refractivity contribution in [2.24, 2.45) is 16.8 Å². The van der Waals surface area contributed by atoms with E-state index < -0.39 is 0 Å². The van der Waals surface area contributed by atoms with E-state index in [1.807, 2.05) is 0 Å². The van der Waals surface area contributed by atoms with Crippen LogP contribution in [0, 0.1) is 12.8 Å². The van der Waals surface area contributed by atoms with E-state index in [0.29, 0.717) is 23.7 Å². The van der Waals surface area contributed by atoms with Gasteiger partial charge in [0.1, 0.15) is 10.7 Å². The van der Waals surface area contributed by atoms with Crippen molar-refractivity contribution in [3.05, 3.63) is 10.6 Å². The lowest BCUT2D eigenvalue weighted by atomic mass is 9.97. The molecule has 1 atom stereocenters. The SMILES string of the molecule is Cc1nnsc1C(=O)N1CCCC(C(N)=NO)C1. The predicted molar refractivity (Wildman–Crippen MR) is 66.7 cm³/mol. The molecule has 7 nitrogen and oxygen atoms in total. The van der Waals surface area contributed by atoms with Gasteiger partial charge >= 0.3 is 0 Å². The Bertz CT molecular complexity index is 473. The summed E-state index contributed by atoms with van der Waals surface area (Å²) >= 11 is 1.10. The van der Waals surface area contributed by atoms with Gasteiger partial charge < -0.3 is 15.8 Å². The van der Waals surface area contributed by atoms with Crippen LogP contribution < -0.4 is 5.73 Å². The van der Waals surface area contributed by atoms with Crippen molar-refractivity contribution in [3.63, 3.8) is 0 Å². The predicted octanol–water partition coefficient (Wildman–Crippen LogP) is 0.445. The molecule has 1 aromatic rings. The summed E-state index contributed by atoms with van der Waals surface area (Å²) in [6.45, 7) is 2.93. The van der Waals surface area contributed by atoms with Crippen LogP contribution in [-0.2, 0) is 0 Å². The molecule has 1 aliphatic heterocycles. The highest BCUT2D eigenvalue weighted by atomic mass is 32.1. The molecule has 2 rings (SSSR count). The minimum atomic E-state index is -0.0751. The van der Waals surface area contributed by atoms with Crippen LogP contribution in [0.15, 0.2) is 5.16 Å². The van der Waals surface area contributed by atoms with E-state index in [4.69, 9.17) is 10.9 Å². The quantitative estimate of drug-likeness (QED) is 0.351. The van der Waals surface area contributed by atoms with E-state index in [9.17, 15) is 4.79 Å². The second kappa shape index (κ2) is 5.30. The summed E-state index contributed by atoms with van der Waals surface area (Å²) in [6.07, 6.45) is 1.68. The van der Waals surface area contributed by atoms with Gasteiger partial charge in [-0.15, -0.1) is 5.10 Å². The lowest BCUT2D eigenvalue weighted by molar-refractivity contribution is 0.0705. The highest BCUT2D eigenvalue weighted by Gasteiger charge is 2.28. The molecule has 0 radical (unpaired) electrons. The van der Waals surface area contributed by atoms with Gasteiger partial charge in [0.15, 0.2) is 0 Å². The van der Waals surface area contributed by atoms with Crippen LogP contribution in [0.1, 0.15) is 28.2 Å². The second-order valence-electron chi connectivity index (χ2n) is 4.30. The summed E-state index contributed by atoms with van der Waals surface area (Å²) in [5.74, 6) is 0.0403. The van der Waals surface area contributed by atoms with E-state index >= 15 is 0 Å². The third kappa shape index (κ3) is 2.42. The Morgan fingerprint density at radius 3 is 3.06 bits per heavy atom. The summed E-state index contributed by atoms with van der Waals surface area (Å²) in [6, 6.07) is 0. The minimum Gasteiger partial charge on any atom is -0.409 e. The van der Waals surface area contributed by atoms with Crippen LogP contribution in [0.4, 0.5) is 0 Å². The number of oxime groups is 1. The number of hydrogen-bond acceptors (Lipinski definition) is 6. The molecule has 1 amide bonds. The molecule has 8 heteroatoms. The van der Waals surface area contributed by atoms with Crippen molar-refractivity contribution in [2.75, 3.05) is 13.1 Å². The third-order valence-electron chi connectivity index (χ3n) is 3.09. The first-order valence-corrected chi connectivity index (χ1v) is 6.46. The van der Waals surface area contributed by atoms with Gasteiger partial charge in [0.05, 0.1) is 5.69 Å². The molecule has 0 bridgehead atoms. The highest BCUT2D eigenvalue weighted by Crippen LogP contribution is 2.20. The molecule has 0 aliphatic carbocycles. The number of amides is 1. The molecule has 1 saturated heterocycles. The van der Waals surface area contributed by atoms with E-state index in [2.05, 4.69) is 14.7 Å². The minimum absolute atomic E-state index is 0.0714. The normalized spacial score (nSPS) is 21.1. The molecular formula is C10H15N5O2S. The molecule has 2 heterocycles. The molecule has 0 spiro atoms. The average molecular weight is 269 g/mol. The number of rotatable bonds is 2. The fourth-order valence-electron chi connectivity index (χ4n) is 2.06. The zero-order valence-electron chi connectivity index (χ0n) is 10.0. The van der Waals surface area contributed by atoms with Gasteiger partial charge in [0, 0.05) is 19.0 Å². The third-order valence-corrected chi connectivity index (χ3v) is 3.90. The molecule has 98 valence electrons. The van der Waals surface area contributed by atoms with Crippen LogP contribution in [0.25, 0.3) is 0 Å². The topological polar surface area (TPSA) is 105 Å². The van der Waals surface area contributed by atoms with E-state index in [-0.39, 0.29) is 17.7 Å². The molecule has 1 fully saturated rings. The number of aromatic nitrogens is 2. The standard InChI is InChI=1S/C10H15N5O2S/c1-6-8(18-14-12-6)10(16)15-4-2-3-7(5-15)9(11)13-17/h7,17H,2-5H2,1H3,(H2,11,13). The van der Waals surface area contributed by atoms with Crippen LogP contribution >= 0.6 is 11.5 Å². The Labute approximate surface area is 108 Å². The molecule has 1 aliphatic rings.